The van der Waals surface area contributed by atoms with E-state index in [1.165, 1.54) is 0 Å². The molecule has 1 amide bonds. The lowest BCUT2D eigenvalue weighted by Gasteiger charge is -2.22. The van der Waals surface area contributed by atoms with Crippen molar-refractivity contribution in [2.24, 2.45) is 0 Å². The van der Waals surface area contributed by atoms with E-state index >= 15 is 0 Å². The fourth-order valence-electron chi connectivity index (χ4n) is 4.34. The zero-order valence-corrected chi connectivity index (χ0v) is 19.6. The molecule has 2 saturated carbocycles. The third-order valence-electron chi connectivity index (χ3n) is 6.82. The second kappa shape index (κ2) is 8.53. The molecule has 35 heavy (non-hydrogen) atoms. The maximum atomic E-state index is 13.5. The number of amides is 1. The van der Waals surface area contributed by atoms with Gasteiger partial charge in [0.25, 0.3) is 11.5 Å². The number of hydrogen-bond acceptors (Lipinski definition) is 6. The quantitative estimate of drug-likeness (QED) is 0.464. The van der Waals surface area contributed by atoms with Crippen LogP contribution in [-0.2, 0) is 10.3 Å². The van der Waals surface area contributed by atoms with E-state index in [2.05, 4.69) is 15.6 Å². The normalized spacial score (nSPS) is 19.6. The number of nitrogens with one attached hydrogen (secondary N) is 2. The Bertz CT molecular complexity index is 1340. The standard InChI is InChI=1S/C27H28N4O4/c1-17-6-7-18(25(32)29-19-8-9-19)14-22(17)31-13-12-28-24(26(31)33)30-27(10-11-27)21-4-2-3-5-23(21)35-16-20-15-34-20/h2-7,12-14,19-20H,8-11,15-16H2,1H3,(H,28,30)(H,29,32)/t20-/m1/s1. The molecule has 3 fully saturated rings. The molecular weight excluding hydrogens is 444 g/mol. The molecule has 3 aromatic rings. The Morgan fingerprint density at radius 3 is 2.77 bits per heavy atom. The number of epoxide rings is 1. The summed E-state index contributed by atoms with van der Waals surface area (Å²) in [6.45, 7) is 3.19. The van der Waals surface area contributed by atoms with Crippen LogP contribution in [0, 0.1) is 6.92 Å². The SMILES string of the molecule is Cc1ccc(C(=O)NC2CC2)cc1-n1ccnc(NC2(c3ccccc3OC[C@H]3CO3)CC2)c1=O. The molecule has 1 saturated heterocycles. The third-order valence-corrected chi connectivity index (χ3v) is 6.82. The summed E-state index contributed by atoms with van der Waals surface area (Å²) in [6, 6.07) is 13.6. The van der Waals surface area contributed by atoms with Gasteiger partial charge in [0.15, 0.2) is 5.82 Å². The molecule has 0 bridgehead atoms. The zero-order chi connectivity index (χ0) is 24.0. The maximum Gasteiger partial charge on any atom is 0.297 e. The lowest BCUT2D eigenvalue weighted by atomic mass is 10.0. The molecule has 180 valence electrons. The number of aromatic nitrogens is 2. The van der Waals surface area contributed by atoms with Gasteiger partial charge in [0.05, 0.1) is 17.8 Å². The van der Waals surface area contributed by atoms with Crippen LogP contribution in [0.3, 0.4) is 0 Å². The predicted molar refractivity (Wildman–Crippen MR) is 131 cm³/mol. The molecule has 0 spiro atoms. The van der Waals surface area contributed by atoms with Crippen LogP contribution >= 0.6 is 0 Å². The first-order valence-corrected chi connectivity index (χ1v) is 12.1. The average molecular weight is 473 g/mol. The smallest absolute Gasteiger partial charge is 0.297 e. The number of carbonyl (C=O) groups is 1. The number of anilines is 1. The molecular formula is C27H28N4O4. The van der Waals surface area contributed by atoms with Crippen molar-refractivity contribution in [3.8, 4) is 11.4 Å². The predicted octanol–water partition coefficient (Wildman–Crippen LogP) is 3.31. The minimum atomic E-state index is -0.395. The topological polar surface area (TPSA) is 97.8 Å². The third kappa shape index (κ3) is 4.53. The molecule has 2 aliphatic carbocycles. The van der Waals surface area contributed by atoms with Crippen LogP contribution in [0.5, 0.6) is 5.75 Å². The maximum absolute atomic E-state index is 13.5. The summed E-state index contributed by atoms with van der Waals surface area (Å²) in [5.41, 5.74) is 2.47. The Morgan fingerprint density at radius 2 is 2.03 bits per heavy atom. The Balaban J connectivity index is 1.29. The van der Waals surface area contributed by atoms with E-state index in [1.807, 2.05) is 37.3 Å². The number of hydrogen-bond donors (Lipinski definition) is 2. The number of carbonyl (C=O) groups excluding carboxylic acids is 1. The van der Waals surface area contributed by atoms with E-state index in [-0.39, 0.29) is 29.4 Å². The average Bonchev–Trinajstić information content (AvgIpc) is 3.72. The van der Waals surface area contributed by atoms with Crippen molar-refractivity contribution < 1.29 is 14.3 Å². The first-order chi connectivity index (χ1) is 17.0. The van der Waals surface area contributed by atoms with E-state index in [0.29, 0.717) is 17.9 Å². The van der Waals surface area contributed by atoms with Crippen LogP contribution in [0.2, 0.25) is 0 Å². The molecule has 0 unspecified atom stereocenters. The van der Waals surface area contributed by atoms with E-state index in [9.17, 15) is 9.59 Å². The monoisotopic (exact) mass is 472 g/mol. The lowest BCUT2D eigenvalue weighted by molar-refractivity contribution is 0.0951. The summed E-state index contributed by atoms with van der Waals surface area (Å²) < 4.78 is 12.9. The second-order valence-corrected chi connectivity index (χ2v) is 9.67. The summed E-state index contributed by atoms with van der Waals surface area (Å²) in [5.74, 6) is 0.964. The summed E-state index contributed by atoms with van der Waals surface area (Å²) in [5, 5.41) is 6.43. The largest absolute Gasteiger partial charge is 0.490 e. The number of para-hydroxylation sites is 1. The molecule has 3 aliphatic rings. The van der Waals surface area contributed by atoms with Gasteiger partial charge < -0.3 is 20.1 Å². The summed E-state index contributed by atoms with van der Waals surface area (Å²) >= 11 is 0. The van der Waals surface area contributed by atoms with Gasteiger partial charge in [-0.15, -0.1) is 0 Å². The molecule has 1 atom stereocenters. The van der Waals surface area contributed by atoms with Crippen LogP contribution in [0.1, 0.15) is 47.2 Å². The number of ether oxygens (including phenoxy) is 2. The highest BCUT2D eigenvalue weighted by atomic mass is 16.6. The van der Waals surface area contributed by atoms with Crippen molar-refractivity contribution in [3.63, 3.8) is 0 Å². The summed E-state index contributed by atoms with van der Waals surface area (Å²) in [4.78, 5) is 30.5. The van der Waals surface area contributed by atoms with Gasteiger partial charge in [-0.25, -0.2) is 4.98 Å². The van der Waals surface area contributed by atoms with Gasteiger partial charge in [-0.3, -0.25) is 14.2 Å². The van der Waals surface area contributed by atoms with Gasteiger partial charge in [0.2, 0.25) is 0 Å². The zero-order valence-electron chi connectivity index (χ0n) is 19.6. The van der Waals surface area contributed by atoms with E-state index in [1.54, 1.807) is 29.1 Å². The lowest BCUT2D eigenvalue weighted by Crippen LogP contribution is -2.29. The van der Waals surface area contributed by atoms with Crippen LogP contribution in [-0.4, -0.2) is 40.8 Å². The highest BCUT2D eigenvalue weighted by Crippen LogP contribution is 2.50. The number of rotatable bonds is 9. The second-order valence-electron chi connectivity index (χ2n) is 9.67. The fourth-order valence-corrected chi connectivity index (χ4v) is 4.34. The van der Waals surface area contributed by atoms with Crippen molar-refractivity contribution in [3.05, 3.63) is 81.9 Å². The summed E-state index contributed by atoms with van der Waals surface area (Å²) in [7, 11) is 0. The van der Waals surface area contributed by atoms with E-state index < -0.39 is 5.54 Å². The number of aryl methyl sites for hydroxylation is 1. The Hall–Kier alpha value is -3.65. The van der Waals surface area contributed by atoms with Crippen LogP contribution in [0.4, 0.5) is 5.82 Å². The minimum Gasteiger partial charge on any atom is -0.490 e. The molecule has 2 aromatic carbocycles. The molecule has 2 heterocycles. The highest BCUT2D eigenvalue weighted by Gasteiger charge is 2.47. The number of benzene rings is 2. The van der Waals surface area contributed by atoms with E-state index in [0.717, 1.165) is 49.2 Å². The van der Waals surface area contributed by atoms with Crippen LogP contribution < -0.4 is 20.9 Å². The summed E-state index contributed by atoms with van der Waals surface area (Å²) in [6.07, 6.45) is 7.22. The molecule has 8 nitrogen and oxygen atoms in total. The molecule has 6 rings (SSSR count). The first kappa shape index (κ1) is 21.9. The van der Waals surface area contributed by atoms with Crippen molar-refractivity contribution in [2.45, 2.75) is 50.3 Å². The van der Waals surface area contributed by atoms with Crippen molar-refractivity contribution >= 4 is 11.7 Å². The van der Waals surface area contributed by atoms with Gasteiger partial charge in [0.1, 0.15) is 18.5 Å². The molecule has 8 heteroatoms. The Labute approximate surface area is 203 Å². The molecule has 0 radical (unpaired) electrons. The van der Waals surface area contributed by atoms with Crippen molar-refractivity contribution in [1.82, 2.24) is 14.9 Å². The van der Waals surface area contributed by atoms with Crippen LogP contribution in [0.15, 0.2) is 59.7 Å². The first-order valence-electron chi connectivity index (χ1n) is 12.1. The minimum absolute atomic E-state index is 0.112. The molecule has 1 aromatic heterocycles. The van der Waals surface area contributed by atoms with Crippen LogP contribution in [0.25, 0.3) is 5.69 Å². The Morgan fingerprint density at radius 1 is 1.23 bits per heavy atom. The van der Waals surface area contributed by atoms with Gasteiger partial charge in [-0.1, -0.05) is 24.3 Å². The Kier molecular flexibility index (Phi) is 5.33. The van der Waals surface area contributed by atoms with Crippen molar-refractivity contribution in [2.75, 3.05) is 18.5 Å². The van der Waals surface area contributed by atoms with Gasteiger partial charge in [-0.2, -0.15) is 0 Å². The van der Waals surface area contributed by atoms with Crippen molar-refractivity contribution in [1.29, 1.82) is 0 Å². The molecule has 2 N–H and O–H groups in total. The van der Waals surface area contributed by atoms with Gasteiger partial charge in [0, 0.05) is 29.6 Å². The number of nitrogens with zero attached hydrogens (tertiary/aromatic N) is 2. The van der Waals surface area contributed by atoms with Gasteiger partial charge in [-0.05, 0) is 56.4 Å². The van der Waals surface area contributed by atoms with Gasteiger partial charge >= 0.3 is 0 Å². The fraction of sp³-hybridized carbons (Fsp3) is 0.370. The van der Waals surface area contributed by atoms with E-state index in [4.69, 9.17) is 9.47 Å². The molecule has 1 aliphatic heterocycles. The highest BCUT2D eigenvalue weighted by molar-refractivity contribution is 5.95.